The molecule has 0 unspecified atom stereocenters. The van der Waals surface area contributed by atoms with E-state index in [0.717, 1.165) is 5.56 Å². The molecular weight excluding hydrogens is 408 g/mol. The van der Waals surface area contributed by atoms with Crippen LogP contribution in [-0.2, 0) is 10.0 Å². The lowest BCUT2D eigenvalue weighted by Crippen LogP contribution is -2.29. The summed E-state index contributed by atoms with van der Waals surface area (Å²) in [6, 6.07) is 11.1. The van der Waals surface area contributed by atoms with Gasteiger partial charge in [-0.25, -0.2) is 8.42 Å². The number of nitrogens with zero attached hydrogens (tertiary/aromatic N) is 1. The molecule has 0 saturated carbocycles. The molecule has 2 N–H and O–H groups in total. The second kappa shape index (κ2) is 7.99. The molecule has 0 atom stereocenters. The number of carbonyl (C=O) groups excluding carboxylic acids is 1. The van der Waals surface area contributed by atoms with E-state index in [1.807, 2.05) is 13.0 Å². The van der Waals surface area contributed by atoms with Crippen molar-refractivity contribution in [2.75, 3.05) is 24.9 Å². The molecule has 0 aliphatic heterocycles. The highest BCUT2D eigenvalue weighted by atomic mass is 79.9. The molecule has 0 aliphatic carbocycles. The fourth-order valence-corrected chi connectivity index (χ4v) is 3.78. The summed E-state index contributed by atoms with van der Waals surface area (Å²) in [7, 11) is -2.30. The molecule has 25 heavy (non-hydrogen) atoms. The number of halogens is 1. The third-order valence-corrected chi connectivity index (χ3v) is 5.59. The number of anilines is 1. The van der Waals surface area contributed by atoms with Crippen molar-refractivity contribution in [3.05, 3.63) is 58.1 Å². The summed E-state index contributed by atoms with van der Waals surface area (Å²) in [5, 5.41) is 8.92. The highest BCUT2D eigenvalue weighted by Crippen LogP contribution is 2.26. The number of sulfonamides is 1. The summed E-state index contributed by atoms with van der Waals surface area (Å²) in [6.07, 6.45) is 0. The zero-order valence-electron chi connectivity index (χ0n) is 13.9. The Balaban J connectivity index is 2.32. The lowest BCUT2D eigenvalue weighted by molar-refractivity contribution is 0.0766. The quantitative estimate of drug-likeness (QED) is 0.742. The molecule has 2 aromatic carbocycles. The summed E-state index contributed by atoms with van der Waals surface area (Å²) in [5.74, 6) is -0.358. The fourth-order valence-electron chi connectivity index (χ4n) is 2.19. The number of aryl methyl sites for hydroxylation is 1. The SMILES string of the molecule is Cc1ccc(Br)c(NS(=O)(=O)c2cccc(C(=O)N(C)CCO)c2)c1. The summed E-state index contributed by atoms with van der Waals surface area (Å²) in [5.41, 5.74) is 1.58. The van der Waals surface area contributed by atoms with Crippen molar-refractivity contribution < 1.29 is 18.3 Å². The average Bonchev–Trinajstić information content (AvgIpc) is 2.57. The van der Waals surface area contributed by atoms with Crippen LogP contribution < -0.4 is 4.72 Å². The van der Waals surface area contributed by atoms with Crippen molar-refractivity contribution in [2.45, 2.75) is 11.8 Å². The fraction of sp³-hybridized carbons (Fsp3) is 0.235. The van der Waals surface area contributed by atoms with Crippen LogP contribution in [0.2, 0.25) is 0 Å². The first-order chi connectivity index (χ1) is 11.7. The topological polar surface area (TPSA) is 86.7 Å². The zero-order chi connectivity index (χ0) is 18.6. The van der Waals surface area contributed by atoms with Gasteiger partial charge in [0.1, 0.15) is 0 Å². The second-order valence-electron chi connectivity index (χ2n) is 5.57. The maximum atomic E-state index is 12.6. The first kappa shape index (κ1) is 19.4. The minimum Gasteiger partial charge on any atom is -0.395 e. The number of aliphatic hydroxyl groups excluding tert-OH is 1. The summed E-state index contributed by atoms with van der Waals surface area (Å²) < 4.78 is 28.4. The molecular formula is C17H19BrN2O4S. The summed E-state index contributed by atoms with van der Waals surface area (Å²) >= 11 is 3.32. The van der Waals surface area contributed by atoms with Gasteiger partial charge in [0, 0.05) is 23.6 Å². The largest absolute Gasteiger partial charge is 0.395 e. The molecule has 0 aromatic heterocycles. The normalized spacial score (nSPS) is 11.2. The van der Waals surface area contributed by atoms with E-state index < -0.39 is 10.0 Å². The van der Waals surface area contributed by atoms with E-state index in [1.165, 1.54) is 29.2 Å². The Morgan fingerprint density at radius 1 is 1.24 bits per heavy atom. The minimum atomic E-state index is -3.85. The van der Waals surface area contributed by atoms with Crippen molar-refractivity contribution in [2.24, 2.45) is 0 Å². The van der Waals surface area contributed by atoms with Gasteiger partial charge in [-0.15, -0.1) is 0 Å². The van der Waals surface area contributed by atoms with Gasteiger partial charge in [0.25, 0.3) is 15.9 Å². The Morgan fingerprint density at radius 2 is 1.96 bits per heavy atom. The number of nitrogens with one attached hydrogen (secondary N) is 1. The number of aliphatic hydroxyl groups is 1. The molecule has 6 nitrogen and oxygen atoms in total. The molecule has 0 bridgehead atoms. The number of hydrogen-bond donors (Lipinski definition) is 2. The van der Waals surface area contributed by atoms with Crippen LogP contribution in [0.4, 0.5) is 5.69 Å². The molecule has 0 aliphatic rings. The summed E-state index contributed by atoms with van der Waals surface area (Å²) in [4.78, 5) is 13.6. The van der Waals surface area contributed by atoms with Gasteiger partial charge < -0.3 is 10.0 Å². The number of benzene rings is 2. The number of amides is 1. The first-order valence-electron chi connectivity index (χ1n) is 7.50. The molecule has 0 heterocycles. The Bertz CT molecular complexity index is 884. The van der Waals surface area contributed by atoms with E-state index in [9.17, 15) is 13.2 Å². The highest BCUT2D eigenvalue weighted by molar-refractivity contribution is 9.10. The predicted octanol–water partition coefficient (Wildman–Crippen LogP) is 2.62. The molecule has 0 fully saturated rings. The molecule has 0 saturated heterocycles. The van der Waals surface area contributed by atoms with Crippen LogP contribution in [0, 0.1) is 6.92 Å². The monoisotopic (exact) mass is 426 g/mol. The number of likely N-dealkylation sites (N-methyl/N-ethyl adjacent to an activating group) is 1. The van der Waals surface area contributed by atoms with E-state index in [4.69, 9.17) is 5.11 Å². The Kier molecular flexibility index (Phi) is 6.21. The van der Waals surface area contributed by atoms with Crippen molar-refractivity contribution in [1.29, 1.82) is 0 Å². The van der Waals surface area contributed by atoms with E-state index >= 15 is 0 Å². The van der Waals surface area contributed by atoms with Gasteiger partial charge in [0.05, 0.1) is 17.2 Å². The molecule has 2 rings (SSSR count). The van der Waals surface area contributed by atoms with E-state index in [0.29, 0.717) is 10.2 Å². The van der Waals surface area contributed by atoms with E-state index in [1.54, 1.807) is 19.2 Å². The van der Waals surface area contributed by atoms with Gasteiger partial charge in [-0.1, -0.05) is 12.1 Å². The number of rotatable bonds is 6. The Morgan fingerprint density at radius 3 is 2.64 bits per heavy atom. The van der Waals surface area contributed by atoms with Gasteiger partial charge in [-0.3, -0.25) is 9.52 Å². The lowest BCUT2D eigenvalue weighted by atomic mass is 10.2. The van der Waals surface area contributed by atoms with Crippen LogP contribution in [-0.4, -0.2) is 44.5 Å². The predicted molar refractivity (Wildman–Crippen MR) is 100 cm³/mol. The number of hydrogen-bond acceptors (Lipinski definition) is 4. The van der Waals surface area contributed by atoms with Crippen LogP contribution in [0.3, 0.4) is 0 Å². The van der Waals surface area contributed by atoms with Crippen molar-refractivity contribution >= 4 is 37.5 Å². The standard InChI is InChI=1S/C17H19BrN2O4S/c1-12-6-7-15(18)16(10-12)19-25(23,24)14-5-3-4-13(11-14)17(22)20(2)8-9-21/h3-7,10-11,19,21H,8-9H2,1-2H3. The first-order valence-corrected chi connectivity index (χ1v) is 9.77. The molecule has 1 amide bonds. The minimum absolute atomic E-state index is 0.0100. The van der Waals surface area contributed by atoms with Crippen LogP contribution >= 0.6 is 15.9 Å². The molecule has 0 spiro atoms. The maximum Gasteiger partial charge on any atom is 0.261 e. The van der Waals surface area contributed by atoms with Crippen LogP contribution in [0.15, 0.2) is 51.8 Å². The molecule has 2 aromatic rings. The Hall–Kier alpha value is -1.90. The third-order valence-electron chi connectivity index (χ3n) is 3.54. The van der Waals surface area contributed by atoms with Gasteiger partial charge >= 0.3 is 0 Å². The van der Waals surface area contributed by atoms with Gasteiger partial charge in [-0.2, -0.15) is 0 Å². The third kappa shape index (κ3) is 4.81. The highest BCUT2D eigenvalue weighted by Gasteiger charge is 2.19. The van der Waals surface area contributed by atoms with E-state index in [-0.39, 0.29) is 29.5 Å². The molecule has 8 heteroatoms. The molecule has 0 radical (unpaired) electrons. The number of carbonyl (C=O) groups is 1. The van der Waals surface area contributed by atoms with E-state index in [2.05, 4.69) is 20.7 Å². The maximum absolute atomic E-state index is 12.6. The zero-order valence-corrected chi connectivity index (χ0v) is 16.3. The average molecular weight is 427 g/mol. The van der Waals surface area contributed by atoms with Gasteiger partial charge in [0.15, 0.2) is 0 Å². The summed E-state index contributed by atoms with van der Waals surface area (Å²) in [6.45, 7) is 1.87. The van der Waals surface area contributed by atoms with Gasteiger partial charge in [-0.05, 0) is 58.7 Å². The van der Waals surface area contributed by atoms with Crippen molar-refractivity contribution in [3.63, 3.8) is 0 Å². The Labute approximate surface area is 155 Å². The molecule has 134 valence electrons. The van der Waals surface area contributed by atoms with Crippen LogP contribution in [0.5, 0.6) is 0 Å². The smallest absolute Gasteiger partial charge is 0.261 e. The van der Waals surface area contributed by atoms with Gasteiger partial charge in [0.2, 0.25) is 0 Å². The van der Waals surface area contributed by atoms with Crippen molar-refractivity contribution in [3.8, 4) is 0 Å². The lowest BCUT2D eigenvalue weighted by Gasteiger charge is -2.16. The van der Waals surface area contributed by atoms with Crippen molar-refractivity contribution in [1.82, 2.24) is 4.90 Å². The second-order valence-corrected chi connectivity index (χ2v) is 8.10. The van der Waals surface area contributed by atoms with Crippen LogP contribution in [0.1, 0.15) is 15.9 Å². The van der Waals surface area contributed by atoms with Crippen LogP contribution in [0.25, 0.3) is 0 Å².